The number of aryl methyl sites for hydroxylation is 1. The first-order chi connectivity index (χ1) is 9.74. The molecule has 0 fully saturated rings. The summed E-state index contributed by atoms with van der Waals surface area (Å²) >= 11 is 0. The lowest BCUT2D eigenvalue weighted by Gasteiger charge is -2.20. The van der Waals surface area contributed by atoms with Crippen LogP contribution in [0.3, 0.4) is 0 Å². The van der Waals surface area contributed by atoms with Crippen molar-refractivity contribution >= 4 is 23.0 Å². The smallest absolute Gasteiger partial charge is 0.419 e. The maximum absolute atomic E-state index is 12.5. The number of carbonyl (C=O) groups is 2. The van der Waals surface area contributed by atoms with Gasteiger partial charge in [-0.05, 0) is 39.3 Å². The minimum Gasteiger partial charge on any atom is -0.464 e. The quantitative estimate of drug-likeness (QED) is 0.754. The van der Waals surface area contributed by atoms with Crippen LogP contribution in [0.5, 0.6) is 0 Å². The zero-order valence-corrected chi connectivity index (χ0v) is 12.9. The van der Waals surface area contributed by atoms with Crippen LogP contribution >= 0.6 is 0 Å². The number of fused-ring (bicyclic) bond motifs is 1. The molecule has 0 saturated heterocycles. The first-order valence-corrected chi connectivity index (χ1v) is 6.67. The summed E-state index contributed by atoms with van der Waals surface area (Å²) in [6, 6.07) is 7.23. The van der Waals surface area contributed by atoms with E-state index in [9.17, 15) is 9.59 Å². The average Bonchev–Trinajstić information content (AvgIpc) is 2.76. The number of esters is 1. The largest absolute Gasteiger partial charge is 0.464 e. The molecule has 0 aliphatic carbocycles. The van der Waals surface area contributed by atoms with Crippen molar-refractivity contribution in [2.45, 2.75) is 33.3 Å². The van der Waals surface area contributed by atoms with E-state index in [0.29, 0.717) is 5.52 Å². The van der Waals surface area contributed by atoms with E-state index in [0.717, 1.165) is 10.9 Å². The molecule has 0 saturated carbocycles. The summed E-state index contributed by atoms with van der Waals surface area (Å²) in [7, 11) is 1.28. The molecule has 5 heteroatoms. The average molecular weight is 289 g/mol. The Morgan fingerprint density at radius 2 is 1.86 bits per heavy atom. The molecule has 0 spiro atoms. The van der Waals surface area contributed by atoms with Gasteiger partial charge in [0.05, 0.1) is 12.6 Å². The van der Waals surface area contributed by atoms with E-state index in [2.05, 4.69) is 0 Å². The summed E-state index contributed by atoms with van der Waals surface area (Å²) in [5, 5.41) is 0.793. The molecule has 21 heavy (non-hydrogen) atoms. The van der Waals surface area contributed by atoms with E-state index in [1.165, 1.54) is 11.7 Å². The third kappa shape index (κ3) is 2.91. The van der Waals surface area contributed by atoms with Crippen molar-refractivity contribution < 1.29 is 19.1 Å². The third-order valence-corrected chi connectivity index (χ3v) is 3.00. The standard InChI is InChI=1S/C16H19NO4/c1-10-7-6-8-11-9-12(14(18)20-5)17(13(10)11)15(19)21-16(2,3)4/h6-9H,1-5H3. The Labute approximate surface area is 123 Å². The van der Waals surface area contributed by atoms with Crippen molar-refractivity contribution in [3.63, 3.8) is 0 Å². The second-order valence-electron chi connectivity index (χ2n) is 5.85. The third-order valence-electron chi connectivity index (χ3n) is 3.00. The number of hydrogen-bond acceptors (Lipinski definition) is 4. The molecule has 0 aliphatic heterocycles. The van der Waals surface area contributed by atoms with Crippen molar-refractivity contribution in [1.82, 2.24) is 4.57 Å². The number of para-hydroxylation sites is 1. The molecular weight excluding hydrogens is 270 g/mol. The number of nitrogens with zero attached hydrogens (tertiary/aromatic N) is 1. The Morgan fingerprint density at radius 1 is 1.19 bits per heavy atom. The molecule has 112 valence electrons. The van der Waals surface area contributed by atoms with Crippen LogP contribution in [0.2, 0.25) is 0 Å². The summed E-state index contributed by atoms with van der Waals surface area (Å²) in [5.74, 6) is -0.573. The molecule has 0 radical (unpaired) electrons. The van der Waals surface area contributed by atoms with Crippen LogP contribution in [0.1, 0.15) is 36.8 Å². The number of methoxy groups -OCH3 is 1. The van der Waals surface area contributed by atoms with E-state index in [1.54, 1.807) is 26.8 Å². The van der Waals surface area contributed by atoms with Gasteiger partial charge in [-0.25, -0.2) is 14.2 Å². The molecule has 1 aromatic carbocycles. The van der Waals surface area contributed by atoms with Crippen LogP contribution in [-0.2, 0) is 9.47 Å². The van der Waals surface area contributed by atoms with Crippen LogP contribution < -0.4 is 0 Å². The van der Waals surface area contributed by atoms with E-state index in [4.69, 9.17) is 9.47 Å². The number of hydrogen-bond donors (Lipinski definition) is 0. The molecule has 1 aromatic heterocycles. The molecule has 5 nitrogen and oxygen atoms in total. The molecular formula is C16H19NO4. The molecule has 0 amide bonds. The second kappa shape index (κ2) is 5.24. The van der Waals surface area contributed by atoms with Gasteiger partial charge >= 0.3 is 12.1 Å². The number of carbonyl (C=O) groups excluding carboxylic acids is 2. The maximum Gasteiger partial charge on any atom is 0.419 e. The Hall–Kier alpha value is -2.30. The second-order valence-corrected chi connectivity index (χ2v) is 5.85. The van der Waals surface area contributed by atoms with Gasteiger partial charge in [-0.15, -0.1) is 0 Å². The first-order valence-electron chi connectivity index (χ1n) is 6.67. The first kappa shape index (κ1) is 15.1. The van der Waals surface area contributed by atoms with E-state index < -0.39 is 17.7 Å². The van der Waals surface area contributed by atoms with Gasteiger partial charge in [-0.1, -0.05) is 18.2 Å². The van der Waals surface area contributed by atoms with Gasteiger partial charge in [0, 0.05) is 5.39 Å². The van der Waals surface area contributed by atoms with Gasteiger partial charge in [0.15, 0.2) is 0 Å². The predicted molar refractivity (Wildman–Crippen MR) is 79.6 cm³/mol. The minimum absolute atomic E-state index is 0.163. The molecule has 0 aliphatic rings. The number of ether oxygens (including phenoxy) is 2. The van der Waals surface area contributed by atoms with Gasteiger partial charge in [0.25, 0.3) is 0 Å². The van der Waals surface area contributed by atoms with Crippen LogP contribution in [-0.4, -0.2) is 29.3 Å². The van der Waals surface area contributed by atoms with Crippen molar-refractivity contribution in [3.05, 3.63) is 35.5 Å². The van der Waals surface area contributed by atoms with E-state index in [-0.39, 0.29) is 5.69 Å². The van der Waals surface area contributed by atoms with Crippen LogP contribution in [0.4, 0.5) is 4.79 Å². The van der Waals surface area contributed by atoms with Gasteiger partial charge < -0.3 is 9.47 Å². The molecule has 0 unspecified atom stereocenters. The Kier molecular flexibility index (Phi) is 3.77. The molecule has 2 rings (SSSR count). The fraction of sp³-hybridized carbons (Fsp3) is 0.375. The number of rotatable bonds is 1. The highest BCUT2D eigenvalue weighted by molar-refractivity contribution is 6.02. The minimum atomic E-state index is -0.649. The normalized spacial score (nSPS) is 11.5. The predicted octanol–water partition coefficient (Wildman–Crippen LogP) is 3.52. The van der Waals surface area contributed by atoms with Crippen LogP contribution in [0.15, 0.2) is 24.3 Å². The molecule has 0 atom stereocenters. The van der Waals surface area contributed by atoms with Gasteiger partial charge in [0.2, 0.25) is 0 Å². The summed E-state index contributed by atoms with van der Waals surface area (Å²) in [4.78, 5) is 24.4. The topological polar surface area (TPSA) is 57.5 Å². The lowest BCUT2D eigenvalue weighted by atomic mass is 10.2. The number of aromatic nitrogens is 1. The van der Waals surface area contributed by atoms with Gasteiger partial charge in [-0.2, -0.15) is 0 Å². The fourth-order valence-electron chi connectivity index (χ4n) is 2.19. The summed E-state index contributed by atoms with van der Waals surface area (Å²) in [6.45, 7) is 7.22. The highest BCUT2D eigenvalue weighted by Crippen LogP contribution is 2.25. The molecule has 0 N–H and O–H groups in total. The lowest BCUT2D eigenvalue weighted by molar-refractivity contribution is 0.0489. The molecule has 2 aromatic rings. The van der Waals surface area contributed by atoms with Gasteiger partial charge in [0.1, 0.15) is 11.3 Å². The molecule has 0 bridgehead atoms. The lowest BCUT2D eigenvalue weighted by Crippen LogP contribution is -2.29. The van der Waals surface area contributed by atoms with E-state index in [1.807, 2.05) is 25.1 Å². The SMILES string of the molecule is COC(=O)c1cc2cccc(C)c2n1C(=O)OC(C)(C)C. The Balaban J connectivity index is 2.68. The summed E-state index contributed by atoms with van der Waals surface area (Å²) in [5.41, 5.74) is 1.06. The van der Waals surface area contributed by atoms with Crippen molar-refractivity contribution in [1.29, 1.82) is 0 Å². The van der Waals surface area contributed by atoms with Crippen molar-refractivity contribution in [2.75, 3.05) is 7.11 Å². The van der Waals surface area contributed by atoms with E-state index >= 15 is 0 Å². The number of benzene rings is 1. The molecule has 1 heterocycles. The fourth-order valence-corrected chi connectivity index (χ4v) is 2.19. The monoisotopic (exact) mass is 289 g/mol. The maximum atomic E-state index is 12.5. The Morgan fingerprint density at radius 3 is 2.43 bits per heavy atom. The highest BCUT2D eigenvalue weighted by Gasteiger charge is 2.26. The van der Waals surface area contributed by atoms with Crippen molar-refractivity contribution in [3.8, 4) is 0 Å². The Bertz CT molecular complexity index is 707. The van der Waals surface area contributed by atoms with Gasteiger partial charge in [-0.3, -0.25) is 0 Å². The van der Waals surface area contributed by atoms with Crippen LogP contribution in [0.25, 0.3) is 10.9 Å². The van der Waals surface area contributed by atoms with Crippen LogP contribution in [0, 0.1) is 6.92 Å². The summed E-state index contributed by atoms with van der Waals surface area (Å²) in [6.07, 6.45) is -0.591. The van der Waals surface area contributed by atoms with Crippen molar-refractivity contribution in [2.24, 2.45) is 0 Å². The summed E-state index contributed by atoms with van der Waals surface area (Å²) < 4.78 is 11.4. The zero-order chi connectivity index (χ0) is 15.8. The highest BCUT2D eigenvalue weighted by atomic mass is 16.6. The zero-order valence-electron chi connectivity index (χ0n) is 12.9.